The van der Waals surface area contributed by atoms with Gasteiger partial charge in [-0.1, -0.05) is 36.4 Å². The first-order valence-corrected chi connectivity index (χ1v) is 11.4. The molecule has 0 saturated carbocycles. The third-order valence-electron chi connectivity index (χ3n) is 5.07. The molecular formula is C23H26N4O5S. The van der Waals surface area contributed by atoms with Gasteiger partial charge in [0.15, 0.2) is 5.17 Å². The van der Waals surface area contributed by atoms with Crippen LogP contribution in [-0.4, -0.2) is 45.7 Å². The number of thioether (sulfide) groups is 1. The highest BCUT2D eigenvalue weighted by Crippen LogP contribution is 2.34. The molecule has 1 atom stereocenters. The number of carbonyl (C=O) groups excluding carboxylic acids is 2. The molecule has 0 bridgehead atoms. The molecule has 1 heterocycles. The zero-order valence-electron chi connectivity index (χ0n) is 19.0. The lowest BCUT2D eigenvalue weighted by atomic mass is 10.1. The van der Waals surface area contributed by atoms with E-state index in [1.165, 1.54) is 37.1 Å². The molecule has 2 aromatic rings. The van der Waals surface area contributed by atoms with E-state index in [0.717, 1.165) is 23.2 Å². The fourth-order valence-corrected chi connectivity index (χ4v) is 4.64. The third kappa shape index (κ3) is 5.70. The maximum Gasteiger partial charge on any atom is 0.271 e. The number of non-ortho nitro benzene ring substituents is 1. The van der Waals surface area contributed by atoms with Crippen LogP contribution < -0.4 is 10.1 Å². The van der Waals surface area contributed by atoms with Gasteiger partial charge in [-0.05, 0) is 38.0 Å². The van der Waals surface area contributed by atoms with Crippen LogP contribution in [0.25, 0.3) is 0 Å². The molecule has 10 heteroatoms. The second-order valence-corrected chi connectivity index (χ2v) is 8.84. The number of methoxy groups -OCH3 is 1. The molecule has 174 valence electrons. The number of ether oxygens (including phenoxy) is 1. The average molecular weight is 471 g/mol. The van der Waals surface area contributed by atoms with E-state index in [0.29, 0.717) is 17.5 Å². The van der Waals surface area contributed by atoms with Gasteiger partial charge in [0.2, 0.25) is 11.8 Å². The molecule has 2 aromatic carbocycles. The Morgan fingerprint density at radius 3 is 2.67 bits per heavy atom. The van der Waals surface area contributed by atoms with Gasteiger partial charge >= 0.3 is 0 Å². The maximum absolute atomic E-state index is 13.0. The molecule has 33 heavy (non-hydrogen) atoms. The SMILES string of the molecule is CCCN1C(=O)C(CC(=O)Nc2cc([N+](=O)[O-])ccc2OC)SC1=Nc1ccc(C)cc1C. The van der Waals surface area contributed by atoms with Crippen LogP contribution in [0.4, 0.5) is 17.1 Å². The number of amidine groups is 1. The number of nitrogens with one attached hydrogen (secondary N) is 1. The van der Waals surface area contributed by atoms with Gasteiger partial charge in [-0.3, -0.25) is 24.6 Å². The summed E-state index contributed by atoms with van der Waals surface area (Å²) in [5, 5.41) is 13.6. The lowest BCUT2D eigenvalue weighted by Gasteiger charge is -2.15. The van der Waals surface area contributed by atoms with Gasteiger partial charge in [0.25, 0.3) is 5.69 Å². The van der Waals surface area contributed by atoms with E-state index in [1.54, 1.807) is 4.90 Å². The molecule has 1 saturated heterocycles. The number of nitrogens with zero attached hydrogens (tertiary/aromatic N) is 3. The lowest BCUT2D eigenvalue weighted by Crippen LogP contribution is -2.34. The van der Waals surface area contributed by atoms with E-state index < -0.39 is 16.1 Å². The molecule has 0 aromatic heterocycles. The summed E-state index contributed by atoms with van der Waals surface area (Å²) >= 11 is 1.26. The van der Waals surface area contributed by atoms with Crippen LogP contribution in [0.3, 0.4) is 0 Å². The van der Waals surface area contributed by atoms with Crippen molar-refractivity contribution in [3.8, 4) is 5.75 Å². The number of hydrogen-bond acceptors (Lipinski definition) is 7. The first-order valence-electron chi connectivity index (χ1n) is 10.5. The molecule has 0 spiro atoms. The van der Waals surface area contributed by atoms with E-state index in [-0.39, 0.29) is 23.7 Å². The zero-order chi connectivity index (χ0) is 24.1. The highest BCUT2D eigenvalue weighted by atomic mass is 32.2. The smallest absolute Gasteiger partial charge is 0.271 e. The Morgan fingerprint density at radius 1 is 1.27 bits per heavy atom. The number of anilines is 1. The Balaban J connectivity index is 1.79. The number of amides is 2. The van der Waals surface area contributed by atoms with Crippen LogP contribution >= 0.6 is 11.8 Å². The van der Waals surface area contributed by atoms with Crippen LogP contribution in [-0.2, 0) is 9.59 Å². The molecule has 1 aliphatic heterocycles. The van der Waals surface area contributed by atoms with Crippen LogP contribution in [0, 0.1) is 24.0 Å². The van der Waals surface area contributed by atoms with Crippen LogP contribution in [0.15, 0.2) is 41.4 Å². The standard InChI is InChI=1S/C23H26N4O5S/c1-5-10-26-22(29)20(33-23(26)25-17-8-6-14(2)11-15(17)3)13-21(28)24-18-12-16(27(30)31)7-9-19(18)32-4/h6-9,11-12,20H,5,10,13H2,1-4H3,(H,24,28). The van der Waals surface area contributed by atoms with Crippen molar-refractivity contribution in [3.05, 3.63) is 57.6 Å². The Kier molecular flexibility index (Phi) is 7.70. The summed E-state index contributed by atoms with van der Waals surface area (Å²) in [6.45, 7) is 6.45. The van der Waals surface area contributed by atoms with E-state index in [9.17, 15) is 19.7 Å². The molecule has 2 amide bonds. The van der Waals surface area contributed by atoms with Gasteiger partial charge in [0, 0.05) is 25.1 Å². The summed E-state index contributed by atoms with van der Waals surface area (Å²) in [5.74, 6) is -0.320. The second kappa shape index (κ2) is 10.5. The zero-order valence-corrected chi connectivity index (χ0v) is 19.8. The number of aliphatic imine (C=N–C) groups is 1. The maximum atomic E-state index is 13.0. The van der Waals surface area contributed by atoms with Gasteiger partial charge in [0.1, 0.15) is 11.0 Å². The van der Waals surface area contributed by atoms with Gasteiger partial charge in [-0.25, -0.2) is 4.99 Å². The highest BCUT2D eigenvalue weighted by Gasteiger charge is 2.39. The summed E-state index contributed by atoms with van der Waals surface area (Å²) in [6, 6.07) is 9.86. The third-order valence-corrected chi connectivity index (χ3v) is 6.25. The van der Waals surface area contributed by atoms with Crippen molar-refractivity contribution < 1.29 is 19.2 Å². The van der Waals surface area contributed by atoms with Gasteiger partial charge in [0.05, 0.1) is 23.4 Å². The molecule has 1 N–H and O–H groups in total. The number of aryl methyl sites for hydroxylation is 2. The molecule has 1 fully saturated rings. The Labute approximate surface area is 196 Å². The van der Waals surface area contributed by atoms with Crippen LogP contribution in [0.2, 0.25) is 0 Å². The van der Waals surface area contributed by atoms with Crippen molar-refractivity contribution >= 4 is 45.8 Å². The minimum atomic E-state index is -0.634. The summed E-state index contributed by atoms with van der Waals surface area (Å²) in [5.41, 5.74) is 2.92. The largest absolute Gasteiger partial charge is 0.495 e. The van der Waals surface area contributed by atoms with Gasteiger partial charge in [-0.15, -0.1) is 0 Å². The van der Waals surface area contributed by atoms with Crippen molar-refractivity contribution in [3.63, 3.8) is 0 Å². The van der Waals surface area contributed by atoms with E-state index in [2.05, 4.69) is 5.32 Å². The fraction of sp³-hybridized carbons (Fsp3) is 0.348. The van der Waals surface area contributed by atoms with Crippen LogP contribution in [0.1, 0.15) is 30.9 Å². The molecule has 3 rings (SSSR count). The average Bonchev–Trinajstić information content (AvgIpc) is 3.04. The number of carbonyl (C=O) groups is 2. The minimum Gasteiger partial charge on any atom is -0.495 e. The van der Waals surface area contributed by atoms with Crippen molar-refractivity contribution in [1.29, 1.82) is 0 Å². The van der Waals surface area contributed by atoms with Crippen molar-refractivity contribution in [2.45, 2.75) is 38.9 Å². The molecule has 0 aliphatic carbocycles. The topological polar surface area (TPSA) is 114 Å². The molecule has 1 aliphatic rings. The van der Waals surface area contributed by atoms with E-state index >= 15 is 0 Å². The quantitative estimate of drug-likeness (QED) is 0.446. The fourth-order valence-electron chi connectivity index (χ4n) is 3.47. The first kappa shape index (κ1) is 24.2. The van der Waals surface area contributed by atoms with Gasteiger partial charge < -0.3 is 10.1 Å². The van der Waals surface area contributed by atoms with Crippen molar-refractivity contribution in [2.75, 3.05) is 19.0 Å². The molecule has 1 unspecified atom stereocenters. The summed E-state index contributed by atoms with van der Waals surface area (Å²) < 4.78 is 5.19. The highest BCUT2D eigenvalue weighted by molar-refractivity contribution is 8.15. The number of rotatable bonds is 8. The summed E-state index contributed by atoms with van der Waals surface area (Å²) in [7, 11) is 1.41. The Bertz CT molecular complexity index is 1120. The van der Waals surface area contributed by atoms with Gasteiger partial charge in [-0.2, -0.15) is 0 Å². The lowest BCUT2D eigenvalue weighted by molar-refractivity contribution is -0.384. The Hall–Kier alpha value is -3.40. The summed E-state index contributed by atoms with van der Waals surface area (Å²) in [4.78, 5) is 42.6. The van der Waals surface area contributed by atoms with Crippen LogP contribution in [0.5, 0.6) is 5.75 Å². The van der Waals surface area contributed by atoms with E-state index in [4.69, 9.17) is 9.73 Å². The molecule has 0 radical (unpaired) electrons. The van der Waals surface area contributed by atoms with Crippen molar-refractivity contribution in [1.82, 2.24) is 4.90 Å². The number of hydrogen-bond donors (Lipinski definition) is 1. The molecular weight excluding hydrogens is 444 g/mol. The summed E-state index contributed by atoms with van der Waals surface area (Å²) in [6.07, 6.45) is 0.656. The second-order valence-electron chi connectivity index (χ2n) is 7.67. The number of benzene rings is 2. The minimum absolute atomic E-state index is 0.0958. The predicted octanol–water partition coefficient (Wildman–Crippen LogP) is 4.59. The van der Waals surface area contributed by atoms with E-state index in [1.807, 2.05) is 39.0 Å². The number of nitro benzene ring substituents is 1. The van der Waals surface area contributed by atoms with Crippen molar-refractivity contribution in [2.24, 2.45) is 4.99 Å². The first-order chi connectivity index (χ1) is 15.7. The normalized spacial score (nSPS) is 16.8. The monoisotopic (exact) mass is 470 g/mol. The number of nitro groups is 1. The Morgan fingerprint density at radius 2 is 2.03 bits per heavy atom. The molecule has 9 nitrogen and oxygen atoms in total. The predicted molar refractivity (Wildman–Crippen MR) is 129 cm³/mol.